The van der Waals surface area contributed by atoms with Crippen LogP contribution in [0.1, 0.15) is 0 Å². The number of carbonyl (C=O) groups is 2. The number of thiol groups is 1. The Morgan fingerprint density at radius 3 is 2.09 bits per heavy atom. The number of hydrogen-bond donors (Lipinski definition) is 2. The number of alkyl halides is 3. The van der Waals surface area contributed by atoms with E-state index in [0.29, 0.717) is 0 Å². The van der Waals surface area contributed by atoms with Crippen LogP contribution in [0.25, 0.3) is 0 Å². The highest BCUT2D eigenvalue weighted by Crippen LogP contribution is 2.15. The number of halogens is 3. The third kappa shape index (κ3) is 4.48. The molecule has 0 aliphatic rings. The molecule has 0 aromatic carbocycles. The molecule has 0 unspecified atom stereocenters. The lowest BCUT2D eigenvalue weighted by Crippen LogP contribution is -2.32. The van der Waals surface area contributed by atoms with Crippen LogP contribution in [0.15, 0.2) is 0 Å². The average Bonchev–Trinajstić information content (AvgIpc) is 1.80. The summed E-state index contributed by atoms with van der Waals surface area (Å²) in [5.41, 5.74) is 1.11. The third-order valence-corrected chi connectivity index (χ3v) is 0.554. The second kappa shape index (κ2) is 3.46. The van der Waals surface area contributed by atoms with Crippen molar-refractivity contribution in [2.75, 3.05) is 0 Å². The van der Waals surface area contributed by atoms with Crippen LogP contribution in [0.5, 0.6) is 0 Å². The molecule has 0 atom stereocenters. The van der Waals surface area contributed by atoms with Crippen LogP contribution in [0.4, 0.5) is 18.0 Å². The monoisotopic (exact) mass is 189 g/mol. The molecule has 0 aromatic rings. The summed E-state index contributed by atoms with van der Waals surface area (Å²) in [5, 5.41) is -1.19. The first-order chi connectivity index (χ1) is 4.84. The van der Waals surface area contributed by atoms with Crippen molar-refractivity contribution in [2.45, 2.75) is 6.18 Å². The molecule has 0 spiro atoms. The Morgan fingerprint density at radius 1 is 1.36 bits per heavy atom. The summed E-state index contributed by atoms with van der Waals surface area (Å²) in [6, 6.07) is 0. The number of hydrogen-bond acceptors (Lipinski definition) is 3. The molecule has 0 aliphatic carbocycles. The molecular formula is C3H2F3NO3S. The molecule has 11 heavy (non-hydrogen) atoms. The predicted octanol–water partition coefficient (Wildman–Crippen LogP) is 0.646. The molecular weight excluding hydrogens is 187 g/mol. The molecule has 0 aromatic heterocycles. The van der Waals surface area contributed by atoms with E-state index in [1.807, 2.05) is 0 Å². The smallest absolute Gasteiger partial charge is 0.332 e. The number of rotatable bonds is 0. The van der Waals surface area contributed by atoms with Crippen molar-refractivity contribution in [1.82, 2.24) is 5.48 Å². The van der Waals surface area contributed by atoms with Gasteiger partial charge in [0.25, 0.3) is 0 Å². The summed E-state index contributed by atoms with van der Waals surface area (Å²) in [5.74, 6) is -2.50. The fourth-order valence-electron chi connectivity index (χ4n) is 0.148. The van der Waals surface area contributed by atoms with Gasteiger partial charge >= 0.3 is 17.4 Å². The zero-order valence-corrected chi connectivity index (χ0v) is 5.70. The van der Waals surface area contributed by atoms with E-state index in [9.17, 15) is 22.8 Å². The maximum absolute atomic E-state index is 11.2. The highest BCUT2D eigenvalue weighted by molar-refractivity contribution is 7.96. The van der Waals surface area contributed by atoms with Gasteiger partial charge in [0.05, 0.1) is 0 Å². The van der Waals surface area contributed by atoms with Crippen LogP contribution in [-0.4, -0.2) is 17.4 Å². The molecule has 0 fully saturated rings. The van der Waals surface area contributed by atoms with E-state index < -0.39 is 17.4 Å². The summed E-state index contributed by atoms with van der Waals surface area (Å²) in [7, 11) is 0. The van der Waals surface area contributed by atoms with Gasteiger partial charge < -0.3 is 4.84 Å². The zero-order chi connectivity index (χ0) is 9.07. The molecule has 0 radical (unpaired) electrons. The van der Waals surface area contributed by atoms with Crippen LogP contribution >= 0.6 is 12.6 Å². The molecule has 1 N–H and O–H groups in total. The standard InChI is InChI=1S/C3H2F3NO3S/c4-3(5,6)1(8)10-7-2(9)11/h(H2,7,9,11). The first-order valence-electron chi connectivity index (χ1n) is 2.11. The Bertz CT molecular complexity index is 179. The Balaban J connectivity index is 3.80. The number of carbonyl (C=O) groups excluding carboxylic acids is 2. The first kappa shape index (κ1) is 10.1. The second-order valence-corrected chi connectivity index (χ2v) is 1.70. The van der Waals surface area contributed by atoms with E-state index >= 15 is 0 Å². The van der Waals surface area contributed by atoms with Crippen molar-refractivity contribution in [2.24, 2.45) is 0 Å². The van der Waals surface area contributed by atoms with Gasteiger partial charge in [-0.25, -0.2) is 4.79 Å². The van der Waals surface area contributed by atoms with Crippen LogP contribution in [0.3, 0.4) is 0 Å². The fourth-order valence-corrected chi connectivity index (χ4v) is 0.194. The van der Waals surface area contributed by atoms with E-state index in [4.69, 9.17) is 0 Å². The lowest BCUT2D eigenvalue weighted by atomic mass is 10.7. The summed E-state index contributed by atoms with van der Waals surface area (Å²) in [6.07, 6.45) is -5.11. The van der Waals surface area contributed by atoms with Crippen LogP contribution < -0.4 is 5.48 Å². The first-order valence-corrected chi connectivity index (χ1v) is 2.55. The largest absolute Gasteiger partial charge is 0.493 e. The van der Waals surface area contributed by atoms with Gasteiger partial charge in [0.1, 0.15) is 0 Å². The van der Waals surface area contributed by atoms with Crippen molar-refractivity contribution in [1.29, 1.82) is 0 Å². The molecule has 0 bridgehead atoms. The maximum Gasteiger partial charge on any atom is 0.493 e. The van der Waals surface area contributed by atoms with E-state index in [0.717, 1.165) is 5.48 Å². The minimum absolute atomic E-state index is 1.11. The zero-order valence-electron chi connectivity index (χ0n) is 4.81. The number of nitrogens with one attached hydrogen (secondary N) is 1. The minimum Gasteiger partial charge on any atom is -0.332 e. The summed E-state index contributed by atoms with van der Waals surface area (Å²) in [6.45, 7) is 0. The second-order valence-electron chi connectivity index (χ2n) is 1.29. The van der Waals surface area contributed by atoms with Crippen molar-refractivity contribution in [3.8, 4) is 0 Å². The summed E-state index contributed by atoms with van der Waals surface area (Å²) < 4.78 is 33.7. The molecule has 0 rings (SSSR count). The quantitative estimate of drug-likeness (QED) is 0.434. The van der Waals surface area contributed by atoms with Crippen LogP contribution in [0.2, 0.25) is 0 Å². The van der Waals surface area contributed by atoms with E-state index in [-0.39, 0.29) is 0 Å². The van der Waals surface area contributed by atoms with Gasteiger partial charge in [-0.3, -0.25) is 4.79 Å². The van der Waals surface area contributed by atoms with Gasteiger partial charge in [-0.1, -0.05) is 12.6 Å². The SMILES string of the molecule is O=C(S)NOC(=O)C(F)(F)F. The Kier molecular flexibility index (Phi) is 3.18. The molecule has 0 saturated carbocycles. The van der Waals surface area contributed by atoms with Crippen LogP contribution in [-0.2, 0) is 9.63 Å². The molecule has 8 heteroatoms. The van der Waals surface area contributed by atoms with Crippen LogP contribution in [0, 0.1) is 0 Å². The fraction of sp³-hybridized carbons (Fsp3) is 0.333. The van der Waals surface area contributed by atoms with E-state index in [2.05, 4.69) is 17.5 Å². The Hall–Kier alpha value is -0.920. The van der Waals surface area contributed by atoms with Crippen molar-refractivity contribution >= 4 is 23.8 Å². The van der Waals surface area contributed by atoms with Gasteiger partial charge in [0.15, 0.2) is 0 Å². The van der Waals surface area contributed by atoms with Gasteiger partial charge in [-0.05, 0) is 0 Å². The third-order valence-electron chi connectivity index (χ3n) is 0.462. The van der Waals surface area contributed by atoms with Gasteiger partial charge in [0.2, 0.25) is 0 Å². The summed E-state index contributed by atoms with van der Waals surface area (Å²) in [4.78, 5) is 22.8. The number of amides is 1. The maximum atomic E-state index is 11.2. The summed E-state index contributed by atoms with van der Waals surface area (Å²) >= 11 is 2.97. The lowest BCUT2D eigenvalue weighted by Gasteiger charge is -2.04. The molecule has 0 saturated heterocycles. The Labute approximate surface area is 64.1 Å². The number of hydroxylamine groups is 1. The van der Waals surface area contributed by atoms with Crippen molar-refractivity contribution < 1.29 is 27.6 Å². The van der Waals surface area contributed by atoms with Crippen molar-refractivity contribution in [3.05, 3.63) is 0 Å². The molecule has 0 heterocycles. The molecule has 0 aliphatic heterocycles. The van der Waals surface area contributed by atoms with Gasteiger partial charge in [-0.2, -0.15) is 18.7 Å². The van der Waals surface area contributed by atoms with Gasteiger partial charge in [-0.15, -0.1) is 0 Å². The normalized spacial score (nSPS) is 10.5. The lowest BCUT2D eigenvalue weighted by molar-refractivity contribution is -0.204. The average molecular weight is 189 g/mol. The van der Waals surface area contributed by atoms with Gasteiger partial charge in [0, 0.05) is 0 Å². The van der Waals surface area contributed by atoms with E-state index in [1.165, 1.54) is 0 Å². The van der Waals surface area contributed by atoms with Crippen molar-refractivity contribution in [3.63, 3.8) is 0 Å². The molecule has 4 nitrogen and oxygen atoms in total. The topological polar surface area (TPSA) is 55.4 Å². The minimum atomic E-state index is -5.11. The molecule has 64 valence electrons. The highest BCUT2D eigenvalue weighted by Gasteiger charge is 2.41. The Morgan fingerprint density at radius 2 is 1.82 bits per heavy atom. The molecule has 1 amide bonds. The highest BCUT2D eigenvalue weighted by atomic mass is 32.1. The predicted molar refractivity (Wildman–Crippen MR) is 29.7 cm³/mol. The van der Waals surface area contributed by atoms with E-state index in [1.54, 1.807) is 0 Å².